The largest absolute Gasteiger partial charge is 0.280 e. The minimum atomic E-state index is -3.92. The minimum Gasteiger partial charge on any atom is -0.280 e. The van der Waals surface area contributed by atoms with Crippen molar-refractivity contribution in [2.75, 3.05) is 9.44 Å². The fourth-order valence-electron chi connectivity index (χ4n) is 2.75. The maximum atomic E-state index is 12.6. The molecule has 3 rings (SSSR count). The number of aryl methyl sites for hydroxylation is 1. The first-order chi connectivity index (χ1) is 14.0. The first-order valence-electron chi connectivity index (χ1n) is 8.66. The van der Waals surface area contributed by atoms with E-state index in [4.69, 9.17) is 23.2 Å². The summed E-state index contributed by atoms with van der Waals surface area (Å²) in [6.45, 7) is 4.06. The zero-order valence-corrected chi connectivity index (χ0v) is 19.1. The number of hydrogen-bond donors (Lipinski definition) is 2. The van der Waals surface area contributed by atoms with Crippen LogP contribution in [0, 0.1) is 6.92 Å². The molecule has 2 aromatic carbocycles. The molecule has 30 heavy (non-hydrogen) atoms. The number of nitrogens with zero attached hydrogens (tertiary/aromatic N) is 2. The van der Waals surface area contributed by atoms with Gasteiger partial charge in [-0.2, -0.15) is 5.10 Å². The van der Waals surface area contributed by atoms with Crippen LogP contribution in [-0.2, 0) is 26.6 Å². The summed E-state index contributed by atoms with van der Waals surface area (Å²) in [4.78, 5) is -0.00270. The monoisotopic (exact) mass is 488 g/mol. The molecular formula is C18H18Cl2N4O4S2. The Balaban J connectivity index is 1.80. The molecule has 2 N–H and O–H groups in total. The van der Waals surface area contributed by atoms with Crippen LogP contribution in [0.3, 0.4) is 0 Å². The van der Waals surface area contributed by atoms with Crippen LogP contribution in [0.25, 0.3) is 0 Å². The normalized spacial score (nSPS) is 12.0. The molecule has 0 radical (unpaired) electrons. The second-order valence-corrected chi connectivity index (χ2v) is 10.5. The molecular weight excluding hydrogens is 471 g/mol. The number of halogens is 2. The second kappa shape index (κ2) is 8.46. The van der Waals surface area contributed by atoms with Gasteiger partial charge in [0.25, 0.3) is 20.0 Å². The number of aromatic nitrogens is 2. The third-order valence-electron chi connectivity index (χ3n) is 4.18. The molecule has 0 unspecified atom stereocenters. The molecule has 1 heterocycles. The number of rotatable bonds is 7. The van der Waals surface area contributed by atoms with E-state index in [2.05, 4.69) is 14.5 Å². The van der Waals surface area contributed by atoms with E-state index in [1.54, 1.807) is 11.6 Å². The molecule has 160 valence electrons. The van der Waals surface area contributed by atoms with Crippen LogP contribution in [0.1, 0.15) is 12.6 Å². The summed E-state index contributed by atoms with van der Waals surface area (Å²) in [7, 11) is -7.79. The lowest BCUT2D eigenvalue weighted by molar-refractivity contribution is 0.598. The number of nitrogens with one attached hydrogen (secondary N) is 2. The summed E-state index contributed by atoms with van der Waals surface area (Å²) in [5.41, 5.74) is 0.928. The number of hydrogen-bond acceptors (Lipinski definition) is 5. The summed E-state index contributed by atoms with van der Waals surface area (Å²) in [6.07, 6.45) is 1.28. The molecule has 0 bridgehead atoms. The predicted molar refractivity (Wildman–Crippen MR) is 117 cm³/mol. The highest BCUT2D eigenvalue weighted by atomic mass is 35.5. The van der Waals surface area contributed by atoms with Crippen LogP contribution >= 0.6 is 23.2 Å². The van der Waals surface area contributed by atoms with Crippen LogP contribution in [-0.4, -0.2) is 26.6 Å². The van der Waals surface area contributed by atoms with E-state index in [9.17, 15) is 16.8 Å². The summed E-state index contributed by atoms with van der Waals surface area (Å²) in [6, 6.07) is 9.61. The second-order valence-electron chi connectivity index (χ2n) is 6.30. The summed E-state index contributed by atoms with van der Waals surface area (Å²) in [5.74, 6) is 0. The predicted octanol–water partition coefficient (Wildman–Crippen LogP) is 4.12. The molecule has 3 aromatic rings. The van der Waals surface area contributed by atoms with Gasteiger partial charge in [-0.05, 0) is 56.3 Å². The third-order valence-corrected chi connectivity index (χ3v) is 7.50. The molecule has 0 saturated carbocycles. The van der Waals surface area contributed by atoms with Gasteiger partial charge < -0.3 is 0 Å². The molecule has 0 fully saturated rings. The summed E-state index contributed by atoms with van der Waals surface area (Å²) in [5, 5.41) is 4.60. The van der Waals surface area contributed by atoms with Crippen LogP contribution in [0.15, 0.2) is 58.5 Å². The van der Waals surface area contributed by atoms with Gasteiger partial charge >= 0.3 is 0 Å². The van der Waals surface area contributed by atoms with Gasteiger partial charge in [-0.15, -0.1) is 0 Å². The van der Waals surface area contributed by atoms with Crippen molar-refractivity contribution < 1.29 is 16.8 Å². The van der Waals surface area contributed by atoms with Gasteiger partial charge in [-0.3, -0.25) is 14.1 Å². The van der Waals surface area contributed by atoms with Crippen LogP contribution in [0.2, 0.25) is 10.0 Å². The molecule has 0 aliphatic carbocycles. The molecule has 0 aliphatic rings. The van der Waals surface area contributed by atoms with E-state index in [1.165, 1.54) is 48.7 Å². The smallest absolute Gasteiger partial charge is 0.265 e. The Labute approximate surface area is 184 Å². The minimum absolute atomic E-state index is 0.0561. The maximum absolute atomic E-state index is 12.6. The first kappa shape index (κ1) is 22.4. The average molecular weight is 489 g/mol. The average Bonchev–Trinajstić information content (AvgIpc) is 3.02. The van der Waals surface area contributed by atoms with Crippen molar-refractivity contribution in [2.24, 2.45) is 0 Å². The van der Waals surface area contributed by atoms with Gasteiger partial charge in [0.05, 0.1) is 22.5 Å². The fraction of sp³-hybridized carbons (Fsp3) is 0.167. The van der Waals surface area contributed by atoms with Gasteiger partial charge in [-0.25, -0.2) is 16.8 Å². The molecule has 0 spiro atoms. The van der Waals surface area contributed by atoms with Gasteiger partial charge in [0.15, 0.2) is 0 Å². The topological polar surface area (TPSA) is 110 Å². The van der Waals surface area contributed by atoms with Crippen molar-refractivity contribution in [2.45, 2.75) is 30.2 Å². The Hall–Kier alpha value is -2.27. The Morgan fingerprint density at radius 1 is 0.900 bits per heavy atom. The molecule has 8 nitrogen and oxygen atoms in total. The lowest BCUT2D eigenvalue weighted by Crippen LogP contribution is -2.15. The fourth-order valence-corrected chi connectivity index (χ4v) is 5.55. The lowest BCUT2D eigenvalue weighted by atomic mass is 10.3. The Kier molecular flexibility index (Phi) is 6.32. The Bertz CT molecular complexity index is 1270. The summed E-state index contributed by atoms with van der Waals surface area (Å²) >= 11 is 11.8. The van der Waals surface area contributed by atoms with Crippen molar-refractivity contribution in [3.63, 3.8) is 0 Å². The SMILES string of the molecule is CCn1ncc(S(=O)(=O)Nc2ccc(S(=O)(=O)Nc3cc(Cl)cc(Cl)c3)cc2)c1C. The zero-order valence-electron chi connectivity index (χ0n) is 15.9. The highest BCUT2D eigenvalue weighted by molar-refractivity contribution is 7.93. The molecule has 0 amide bonds. The van der Waals surface area contributed by atoms with E-state index in [-0.39, 0.29) is 31.2 Å². The third kappa shape index (κ3) is 4.89. The van der Waals surface area contributed by atoms with E-state index in [1.807, 2.05) is 6.92 Å². The van der Waals surface area contributed by atoms with Gasteiger partial charge in [0.2, 0.25) is 0 Å². The van der Waals surface area contributed by atoms with Gasteiger partial charge in [-0.1, -0.05) is 23.2 Å². The van der Waals surface area contributed by atoms with E-state index in [0.717, 1.165) is 0 Å². The molecule has 0 aliphatic heterocycles. The number of benzene rings is 2. The standard InChI is InChI=1S/C18H18Cl2N4O4S2/c1-3-24-12(2)18(11-21-24)30(27,28)22-15-4-6-17(7-5-15)29(25,26)23-16-9-13(19)8-14(20)10-16/h4-11,22-23H,3H2,1-2H3. The van der Waals surface area contributed by atoms with Crippen LogP contribution < -0.4 is 9.44 Å². The van der Waals surface area contributed by atoms with Crippen LogP contribution in [0.5, 0.6) is 0 Å². The van der Waals surface area contributed by atoms with E-state index < -0.39 is 20.0 Å². The highest BCUT2D eigenvalue weighted by Gasteiger charge is 2.21. The van der Waals surface area contributed by atoms with Crippen molar-refractivity contribution in [1.29, 1.82) is 0 Å². The van der Waals surface area contributed by atoms with E-state index >= 15 is 0 Å². The first-order valence-corrected chi connectivity index (χ1v) is 12.4. The number of anilines is 2. The Morgan fingerprint density at radius 3 is 2.00 bits per heavy atom. The van der Waals surface area contributed by atoms with E-state index in [0.29, 0.717) is 12.2 Å². The molecule has 12 heteroatoms. The van der Waals surface area contributed by atoms with Crippen molar-refractivity contribution >= 4 is 54.6 Å². The quantitative estimate of drug-likeness (QED) is 0.519. The summed E-state index contributed by atoms with van der Waals surface area (Å²) < 4.78 is 56.8. The number of sulfonamides is 2. The van der Waals surface area contributed by atoms with Crippen molar-refractivity contribution in [3.8, 4) is 0 Å². The van der Waals surface area contributed by atoms with Gasteiger partial charge in [0, 0.05) is 22.3 Å². The molecule has 1 aromatic heterocycles. The zero-order chi connectivity index (χ0) is 22.1. The highest BCUT2D eigenvalue weighted by Crippen LogP contribution is 2.26. The van der Waals surface area contributed by atoms with Crippen LogP contribution in [0.4, 0.5) is 11.4 Å². The maximum Gasteiger partial charge on any atom is 0.265 e. The molecule has 0 atom stereocenters. The lowest BCUT2D eigenvalue weighted by Gasteiger charge is -2.11. The Morgan fingerprint density at radius 2 is 1.47 bits per heavy atom. The van der Waals surface area contributed by atoms with Crippen molar-refractivity contribution in [3.05, 3.63) is 64.4 Å². The molecule has 0 saturated heterocycles. The van der Waals surface area contributed by atoms with Crippen molar-refractivity contribution in [1.82, 2.24) is 9.78 Å². The van der Waals surface area contributed by atoms with Gasteiger partial charge in [0.1, 0.15) is 4.90 Å².